The Morgan fingerprint density at radius 2 is 2.18 bits per heavy atom. The molecular weight excluding hydrogens is 136 g/mol. The molecule has 0 aromatic heterocycles. The van der Waals surface area contributed by atoms with Crippen molar-refractivity contribution in [3.8, 4) is 0 Å². The predicted molar refractivity (Wildman–Crippen MR) is 49.4 cm³/mol. The Morgan fingerprint density at radius 1 is 1.55 bits per heavy atom. The highest BCUT2D eigenvalue weighted by Crippen LogP contribution is 2.10. The van der Waals surface area contributed by atoms with Crippen LogP contribution in [0.3, 0.4) is 0 Å². The van der Waals surface area contributed by atoms with E-state index in [1.54, 1.807) is 0 Å². The van der Waals surface area contributed by atoms with Gasteiger partial charge >= 0.3 is 0 Å². The summed E-state index contributed by atoms with van der Waals surface area (Å²) < 4.78 is 0. The number of rotatable bonds is 4. The topological polar surface area (TPSA) is 20.2 Å². The highest BCUT2D eigenvalue weighted by atomic mass is 16.2. The van der Waals surface area contributed by atoms with Gasteiger partial charge in [0.25, 0.3) is 0 Å². The lowest BCUT2D eigenvalue weighted by molar-refractivity contribution is 0.341. The van der Waals surface area contributed by atoms with Crippen LogP contribution in [0.25, 0.3) is 0 Å². The van der Waals surface area contributed by atoms with Gasteiger partial charge in [0.15, 0.2) is 0 Å². The molecule has 0 heterocycles. The summed E-state index contributed by atoms with van der Waals surface area (Å²) in [7, 11) is 0. The maximum atomic E-state index is 8.61. The fraction of sp³-hybridized carbons (Fsp3) is 0.600. The van der Waals surface area contributed by atoms with Crippen molar-refractivity contribution in [3.05, 3.63) is 23.8 Å². The quantitative estimate of drug-likeness (QED) is 0.617. The second-order valence-electron chi connectivity index (χ2n) is 2.76. The molecule has 0 aliphatic carbocycles. The minimum Gasteiger partial charge on any atom is -0.392 e. The van der Waals surface area contributed by atoms with E-state index in [2.05, 4.69) is 26.0 Å². The Kier molecular flexibility index (Phi) is 5.86. The van der Waals surface area contributed by atoms with Gasteiger partial charge in [-0.05, 0) is 19.3 Å². The van der Waals surface area contributed by atoms with Crippen LogP contribution >= 0.6 is 0 Å². The van der Waals surface area contributed by atoms with Crippen LogP contribution in [0.15, 0.2) is 23.8 Å². The summed E-state index contributed by atoms with van der Waals surface area (Å²) in [5.74, 6) is 0.460. The minimum atomic E-state index is 0.149. The van der Waals surface area contributed by atoms with Crippen molar-refractivity contribution in [1.29, 1.82) is 0 Å². The van der Waals surface area contributed by atoms with Crippen LogP contribution < -0.4 is 0 Å². The third-order valence-corrected chi connectivity index (χ3v) is 1.79. The smallest absolute Gasteiger partial charge is 0.0615 e. The highest BCUT2D eigenvalue weighted by Gasteiger charge is 1.96. The van der Waals surface area contributed by atoms with Crippen molar-refractivity contribution in [2.24, 2.45) is 5.92 Å². The largest absolute Gasteiger partial charge is 0.392 e. The van der Waals surface area contributed by atoms with Crippen LogP contribution in [0.1, 0.15) is 27.2 Å². The van der Waals surface area contributed by atoms with Crippen LogP contribution in [0, 0.1) is 5.92 Å². The van der Waals surface area contributed by atoms with Crippen molar-refractivity contribution in [3.63, 3.8) is 0 Å². The average Bonchev–Trinajstić information content (AvgIpc) is 2.00. The second kappa shape index (κ2) is 6.17. The molecule has 64 valence electrons. The molecule has 11 heavy (non-hydrogen) atoms. The number of hydrogen-bond donors (Lipinski definition) is 1. The molecule has 1 N–H and O–H groups in total. The van der Waals surface area contributed by atoms with E-state index in [1.165, 1.54) is 5.57 Å². The fourth-order valence-corrected chi connectivity index (χ4v) is 0.822. The third-order valence-electron chi connectivity index (χ3n) is 1.79. The van der Waals surface area contributed by atoms with E-state index >= 15 is 0 Å². The molecule has 0 amide bonds. The zero-order valence-corrected chi connectivity index (χ0v) is 7.67. The molecule has 0 aromatic carbocycles. The van der Waals surface area contributed by atoms with Crippen molar-refractivity contribution >= 4 is 0 Å². The molecule has 1 unspecified atom stereocenters. The Morgan fingerprint density at radius 3 is 2.64 bits per heavy atom. The number of aliphatic hydroxyl groups excluding tert-OH is 1. The molecule has 0 fully saturated rings. The highest BCUT2D eigenvalue weighted by molar-refractivity contribution is 5.09. The molecule has 0 rings (SSSR count). The van der Waals surface area contributed by atoms with Gasteiger partial charge in [0.05, 0.1) is 6.61 Å². The lowest BCUT2D eigenvalue weighted by Crippen LogP contribution is -1.92. The summed E-state index contributed by atoms with van der Waals surface area (Å²) in [6.07, 6.45) is 7.25. The molecule has 1 heteroatoms. The number of allylic oxidation sites excluding steroid dienone is 3. The van der Waals surface area contributed by atoms with Crippen LogP contribution in [0.2, 0.25) is 0 Å². The first kappa shape index (κ1) is 10.4. The molecule has 0 spiro atoms. The van der Waals surface area contributed by atoms with E-state index in [-0.39, 0.29) is 6.61 Å². The summed E-state index contributed by atoms with van der Waals surface area (Å²) in [6.45, 7) is 6.44. The predicted octanol–water partition coefficient (Wildman–Crippen LogP) is 2.53. The summed E-state index contributed by atoms with van der Waals surface area (Å²) >= 11 is 0. The average molecular weight is 154 g/mol. The van der Waals surface area contributed by atoms with E-state index < -0.39 is 0 Å². The van der Waals surface area contributed by atoms with E-state index in [0.29, 0.717) is 5.92 Å². The van der Waals surface area contributed by atoms with Gasteiger partial charge < -0.3 is 5.11 Å². The summed E-state index contributed by atoms with van der Waals surface area (Å²) in [6, 6.07) is 0. The van der Waals surface area contributed by atoms with Gasteiger partial charge in [-0.3, -0.25) is 0 Å². The standard InChI is InChI=1S/C10H18O/c1-4-5-6-9(2)10(3)7-8-11/h5-7,9,11H,4,8H2,1-3H3. The molecule has 0 saturated carbocycles. The first-order chi connectivity index (χ1) is 5.22. The number of aliphatic hydroxyl groups is 1. The Hall–Kier alpha value is -0.560. The molecule has 0 radical (unpaired) electrons. The molecule has 0 saturated heterocycles. The SMILES string of the molecule is CCC=CC(C)C(C)=CCO. The summed E-state index contributed by atoms with van der Waals surface area (Å²) in [5.41, 5.74) is 1.23. The fourth-order valence-electron chi connectivity index (χ4n) is 0.822. The van der Waals surface area contributed by atoms with E-state index in [1.807, 2.05) is 13.0 Å². The molecule has 0 aliphatic heterocycles. The van der Waals surface area contributed by atoms with E-state index in [0.717, 1.165) is 6.42 Å². The van der Waals surface area contributed by atoms with Crippen LogP contribution in [0.4, 0.5) is 0 Å². The lowest BCUT2D eigenvalue weighted by Gasteiger charge is -2.05. The maximum absolute atomic E-state index is 8.61. The van der Waals surface area contributed by atoms with Crippen LogP contribution in [-0.2, 0) is 0 Å². The zero-order valence-electron chi connectivity index (χ0n) is 7.67. The Bertz CT molecular complexity index is 145. The van der Waals surface area contributed by atoms with Crippen molar-refractivity contribution in [1.82, 2.24) is 0 Å². The normalized spacial score (nSPS) is 15.8. The van der Waals surface area contributed by atoms with Crippen LogP contribution in [0.5, 0.6) is 0 Å². The van der Waals surface area contributed by atoms with Gasteiger partial charge in [0.2, 0.25) is 0 Å². The van der Waals surface area contributed by atoms with E-state index in [9.17, 15) is 0 Å². The summed E-state index contributed by atoms with van der Waals surface area (Å²) in [5, 5.41) is 8.61. The first-order valence-corrected chi connectivity index (χ1v) is 4.16. The molecule has 1 nitrogen and oxygen atoms in total. The third kappa shape index (κ3) is 4.79. The van der Waals surface area contributed by atoms with Crippen molar-refractivity contribution in [2.45, 2.75) is 27.2 Å². The molecular formula is C10H18O. The molecule has 0 aromatic rings. The monoisotopic (exact) mass is 154 g/mol. The first-order valence-electron chi connectivity index (χ1n) is 4.16. The molecule has 0 aliphatic rings. The molecule has 1 atom stereocenters. The van der Waals surface area contributed by atoms with Gasteiger partial charge in [0, 0.05) is 0 Å². The number of hydrogen-bond acceptors (Lipinski definition) is 1. The van der Waals surface area contributed by atoms with Gasteiger partial charge in [-0.25, -0.2) is 0 Å². The molecule has 0 bridgehead atoms. The van der Waals surface area contributed by atoms with E-state index in [4.69, 9.17) is 5.11 Å². The Labute approximate surface area is 69.4 Å². The zero-order chi connectivity index (χ0) is 8.69. The van der Waals surface area contributed by atoms with Crippen molar-refractivity contribution in [2.75, 3.05) is 6.61 Å². The Balaban J connectivity index is 3.91. The van der Waals surface area contributed by atoms with Gasteiger partial charge in [0.1, 0.15) is 0 Å². The minimum absolute atomic E-state index is 0.149. The second-order valence-corrected chi connectivity index (χ2v) is 2.76. The van der Waals surface area contributed by atoms with Gasteiger partial charge in [-0.2, -0.15) is 0 Å². The van der Waals surface area contributed by atoms with Gasteiger partial charge in [-0.1, -0.05) is 37.6 Å². The summed E-state index contributed by atoms with van der Waals surface area (Å²) in [4.78, 5) is 0. The van der Waals surface area contributed by atoms with Crippen LogP contribution in [-0.4, -0.2) is 11.7 Å². The maximum Gasteiger partial charge on any atom is 0.0615 e. The van der Waals surface area contributed by atoms with Gasteiger partial charge in [-0.15, -0.1) is 0 Å². The van der Waals surface area contributed by atoms with Crippen molar-refractivity contribution < 1.29 is 5.11 Å². The lowest BCUT2D eigenvalue weighted by atomic mass is 10.0.